The molecule has 0 saturated carbocycles. The van der Waals surface area contributed by atoms with Crippen molar-refractivity contribution >= 4 is 11.0 Å². The number of aromatic amines is 1. The van der Waals surface area contributed by atoms with Gasteiger partial charge in [0.1, 0.15) is 5.82 Å². The Kier molecular flexibility index (Phi) is 5.75. The first-order chi connectivity index (χ1) is 15.8. The average Bonchev–Trinajstić information content (AvgIpc) is 3.49. The lowest BCUT2D eigenvalue weighted by atomic mass is 9.98. The monoisotopic (exact) mass is 422 g/mol. The largest absolute Gasteiger partial charge is 0.323 e. The third kappa shape index (κ3) is 4.04. The predicted octanol–water partition coefficient (Wildman–Crippen LogP) is 5.66. The predicted molar refractivity (Wildman–Crippen MR) is 127 cm³/mol. The number of benzene rings is 3. The number of aromatic nitrogens is 6. The van der Waals surface area contributed by atoms with Crippen LogP contribution in [0, 0.1) is 0 Å². The summed E-state index contributed by atoms with van der Waals surface area (Å²) in [7, 11) is 0. The number of aryl methyl sites for hydroxylation is 1. The number of imidazole rings is 1. The average molecular weight is 423 g/mol. The maximum Gasteiger partial charge on any atom is 0.205 e. The Morgan fingerprint density at radius 1 is 0.844 bits per heavy atom. The highest BCUT2D eigenvalue weighted by Crippen LogP contribution is 2.30. The van der Waals surface area contributed by atoms with Gasteiger partial charge in [0.15, 0.2) is 0 Å². The molecule has 6 nitrogen and oxygen atoms in total. The Bertz CT molecular complexity index is 1300. The summed E-state index contributed by atoms with van der Waals surface area (Å²) in [4.78, 5) is 4.93. The smallest absolute Gasteiger partial charge is 0.205 e. The van der Waals surface area contributed by atoms with Crippen molar-refractivity contribution < 1.29 is 0 Å². The lowest BCUT2D eigenvalue weighted by Gasteiger charge is -2.11. The maximum atomic E-state index is 4.93. The number of tetrazole rings is 1. The fourth-order valence-electron chi connectivity index (χ4n) is 4.20. The summed E-state index contributed by atoms with van der Waals surface area (Å²) in [6, 6.07) is 25.3. The molecule has 0 radical (unpaired) electrons. The minimum atomic E-state index is 0.603. The van der Waals surface area contributed by atoms with Crippen LogP contribution in [0.1, 0.15) is 37.6 Å². The van der Waals surface area contributed by atoms with Crippen LogP contribution in [0.25, 0.3) is 33.5 Å². The molecule has 0 amide bonds. The Labute approximate surface area is 187 Å². The fourth-order valence-corrected chi connectivity index (χ4v) is 4.20. The van der Waals surface area contributed by atoms with E-state index in [-0.39, 0.29) is 0 Å². The highest BCUT2D eigenvalue weighted by molar-refractivity contribution is 5.80. The Hall–Kier alpha value is -3.80. The van der Waals surface area contributed by atoms with Crippen molar-refractivity contribution in [3.8, 4) is 22.5 Å². The van der Waals surface area contributed by atoms with E-state index >= 15 is 0 Å². The summed E-state index contributed by atoms with van der Waals surface area (Å²) in [5.41, 5.74) is 6.72. The summed E-state index contributed by atoms with van der Waals surface area (Å²) in [5, 5.41) is 14.5. The SMILES string of the molecule is CCCCCc1nc2ccccc2n1Cc1ccc(-c2ccccc2-c2nn[nH]n2)cc1. The van der Waals surface area contributed by atoms with E-state index in [1.807, 2.05) is 18.2 Å². The molecule has 0 spiro atoms. The minimum Gasteiger partial charge on any atom is -0.323 e. The van der Waals surface area contributed by atoms with Crippen LogP contribution in [0.5, 0.6) is 0 Å². The molecule has 0 fully saturated rings. The fraction of sp³-hybridized carbons (Fsp3) is 0.231. The highest BCUT2D eigenvalue weighted by atomic mass is 15.5. The van der Waals surface area contributed by atoms with Gasteiger partial charge >= 0.3 is 0 Å². The molecule has 0 aliphatic carbocycles. The van der Waals surface area contributed by atoms with Crippen molar-refractivity contribution in [2.24, 2.45) is 0 Å². The molecule has 5 rings (SSSR count). The second-order valence-electron chi connectivity index (χ2n) is 8.04. The minimum absolute atomic E-state index is 0.603. The lowest BCUT2D eigenvalue weighted by Crippen LogP contribution is -2.05. The Morgan fingerprint density at radius 3 is 2.41 bits per heavy atom. The van der Waals surface area contributed by atoms with Gasteiger partial charge in [0, 0.05) is 18.5 Å². The van der Waals surface area contributed by atoms with E-state index in [1.165, 1.54) is 36.2 Å². The molecule has 6 heteroatoms. The molecular weight excluding hydrogens is 396 g/mol. The molecule has 0 unspecified atom stereocenters. The quantitative estimate of drug-likeness (QED) is 0.327. The standard InChI is InChI=1S/C26H26N6/c1-2-3-4-13-25-27-23-11-7-8-12-24(23)32(25)18-19-14-16-20(17-15-19)21-9-5-6-10-22(21)26-28-30-31-29-26/h5-12,14-17H,2-4,13,18H2,1H3,(H,28,29,30,31). The van der Waals surface area contributed by atoms with E-state index < -0.39 is 0 Å². The van der Waals surface area contributed by atoms with Crippen LogP contribution in [0.15, 0.2) is 72.8 Å². The van der Waals surface area contributed by atoms with E-state index in [2.05, 4.69) is 86.7 Å². The topological polar surface area (TPSA) is 72.3 Å². The maximum absolute atomic E-state index is 4.93. The van der Waals surface area contributed by atoms with Crippen LogP contribution in [0.3, 0.4) is 0 Å². The van der Waals surface area contributed by atoms with Crippen LogP contribution in [0.4, 0.5) is 0 Å². The number of rotatable bonds is 8. The van der Waals surface area contributed by atoms with Crippen LogP contribution in [-0.2, 0) is 13.0 Å². The van der Waals surface area contributed by atoms with Gasteiger partial charge in [0.25, 0.3) is 0 Å². The van der Waals surface area contributed by atoms with Crippen LogP contribution in [0.2, 0.25) is 0 Å². The van der Waals surface area contributed by atoms with E-state index in [9.17, 15) is 0 Å². The molecule has 0 aliphatic rings. The van der Waals surface area contributed by atoms with Gasteiger partial charge in [-0.15, -0.1) is 10.2 Å². The molecule has 1 N–H and O–H groups in total. The van der Waals surface area contributed by atoms with Crippen molar-refractivity contribution in [2.45, 2.75) is 39.2 Å². The zero-order valence-electron chi connectivity index (χ0n) is 18.2. The van der Waals surface area contributed by atoms with Crippen molar-refractivity contribution in [1.82, 2.24) is 30.2 Å². The van der Waals surface area contributed by atoms with E-state index in [1.54, 1.807) is 0 Å². The number of nitrogens with zero attached hydrogens (tertiary/aromatic N) is 5. The molecule has 160 valence electrons. The van der Waals surface area contributed by atoms with Gasteiger partial charge in [-0.25, -0.2) is 4.98 Å². The van der Waals surface area contributed by atoms with Crippen molar-refractivity contribution in [3.63, 3.8) is 0 Å². The molecule has 3 aromatic carbocycles. The lowest BCUT2D eigenvalue weighted by molar-refractivity contribution is 0.659. The third-order valence-electron chi connectivity index (χ3n) is 5.86. The first-order valence-electron chi connectivity index (χ1n) is 11.2. The molecule has 0 bridgehead atoms. The second-order valence-corrected chi connectivity index (χ2v) is 8.04. The van der Waals surface area contributed by atoms with Crippen LogP contribution in [-0.4, -0.2) is 30.2 Å². The third-order valence-corrected chi connectivity index (χ3v) is 5.86. The number of hydrogen-bond donors (Lipinski definition) is 1. The van der Waals surface area contributed by atoms with Crippen molar-refractivity contribution in [1.29, 1.82) is 0 Å². The molecule has 0 atom stereocenters. The Morgan fingerprint density at radius 2 is 1.62 bits per heavy atom. The number of hydrogen-bond acceptors (Lipinski definition) is 4. The zero-order valence-corrected chi connectivity index (χ0v) is 18.2. The molecule has 0 saturated heterocycles. The van der Waals surface area contributed by atoms with E-state index in [0.717, 1.165) is 35.2 Å². The second kappa shape index (κ2) is 9.14. The summed E-state index contributed by atoms with van der Waals surface area (Å²) < 4.78 is 2.37. The number of para-hydroxylation sites is 2. The normalized spacial score (nSPS) is 11.3. The molecule has 2 heterocycles. The summed E-state index contributed by atoms with van der Waals surface area (Å²) in [6.07, 6.45) is 4.63. The van der Waals surface area contributed by atoms with Crippen molar-refractivity contribution in [3.05, 3.63) is 84.2 Å². The number of H-pyrrole nitrogens is 1. The summed E-state index contributed by atoms with van der Waals surface area (Å²) in [5.74, 6) is 1.78. The molecular formula is C26H26N6. The highest BCUT2D eigenvalue weighted by Gasteiger charge is 2.13. The van der Waals surface area contributed by atoms with Crippen LogP contribution >= 0.6 is 0 Å². The van der Waals surface area contributed by atoms with Gasteiger partial charge in [-0.2, -0.15) is 5.21 Å². The van der Waals surface area contributed by atoms with E-state index in [0.29, 0.717) is 5.82 Å². The van der Waals surface area contributed by atoms with Crippen LogP contribution < -0.4 is 0 Å². The number of fused-ring (bicyclic) bond motifs is 1. The molecule has 32 heavy (non-hydrogen) atoms. The van der Waals surface area contributed by atoms with Gasteiger partial charge < -0.3 is 4.57 Å². The van der Waals surface area contributed by atoms with Gasteiger partial charge in [-0.3, -0.25) is 0 Å². The van der Waals surface area contributed by atoms with Gasteiger partial charge in [0.05, 0.1) is 11.0 Å². The summed E-state index contributed by atoms with van der Waals surface area (Å²) in [6.45, 7) is 3.05. The van der Waals surface area contributed by atoms with Gasteiger partial charge in [-0.05, 0) is 40.5 Å². The van der Waals surface area contributed by atoms with Gasteiger partial charge in [-0.1, -0.05) is 80.4 Å². The number of unbranched alkanes of at least 4 members (excludes halogenated alkanes) is 2. The molecule has 5 aromatic rings. The van der Waals surface area contributed by atoms with E-state index in [4.69, 9.17) is 4.98 Å². The molecule has 2 aromatic heterocycles. The first-order valence-corrected chi connectivity index (χ1v) is 11.2. The number of nitrogens with one attached hydrogen (secondary N) is 1. The summed E-state index contributed by atoms with van der Waals surface area (Å²) >= 11 is 0. The zero-order chi connectivity index (χ0) is 21.8. The van der Waals surface area contributed by atoms with Crippen molar-refractivity contribution in [2.75, 3.05) is 0 Å². The Balaban J connectivity index is 1.44. The molecule has 0 aliphatic heterocycles. The first kappa shape index (κ1) is 20.1. The van der Waals surface area contributed by atoms with Gasteiger partial charge in [0.2, 0.25) is 5.82 Å².